The average molecular weight is 597 g/mol. The third-order valence-electron chi connectivity index (χ3n) is 9.84. The van der Waals surface area contributed by atoms with Crippen LogP contribution in [0.3, 0.4) is 0 Å². The van der Waals surface area contributed by atoms with Crippen LogP contribution in [0.15, 0.2) is 174 Å². The van der Waals surface area contributed by atoms with Crippen LogP contribution in [0.5, 0.6) is 0 Å². The number of hydrogen-bond donors (Lipinski definition) is 0. The first-order valence-electron chi connectivity index (χ1n) is 16.2. The Morgan fingerprint density at radius 1 is 0.298 bits per heavy atom. The molecule has 0 aliphatic carbocycles. The van der Waals surface area contributed by atoms with Gasteiger partial charge in [0, 0.05) is 21.5 Å². The van der Waals surface area contributed by atoms with Crippen molar-refractivity contribution in [2.45, 2.75) is 0 Å². The number of fused-ring (bicyclic) bond motifs is 9. The van der Waals surface area contributed by atoms with Gasteiger partial charge in [0.25, 0.3) is 0 Å². The van der Waals surface area contributed by atoms with Crippen LogP contribution >= 0.6 is 0 Å². The highest BCUT2D eigenvalue weighted by molar-refractivity contribution is 6.30. The minimum atomic E-state index is 0.941. The Bertz CT molecular complexity index is 2780. The molecule has 218 valence electrons. The second-order valence-electron chi connectivity index (χ2n) is 12.4. The Hall–Kier alpha value is -6.18. The zero-order chi connectivity index (χ0) is 30.9. The van der Waals surface area contributed by atoms with Crippen LogP contribution in [0, 0.1) is 0 Å². The lowest BCUT2D eigenvalue weighted by Gasteiger charge is -2.20. The van der Waals surface area contributed by atoms with Gasteiger partial charge in [-0.15, -0.1) is 0 Å². The van der Waals surface area contributed by atoms with Crippen molar-refractivity contribution < 1.29 is 4.42 Å². The molecule has 0 bridgehead atoms. The minimum absolute atomic E-state index is 0.941. The molecule has 0 atom stereocenters. The molecule has 0 aliphatic heterocycles. The highest BCUT2D eigenvalue weighted by Crippen LogP contribution is 2.50. The first kappa shape index (κ1) is 26.1. The zero-order valence-corrected chi connectivity index (χ0v) is 25.6. The first-order valence-corrected chi connectivity index (χ1v) is 16.2. The molecule has 0 N–H and O–H groups in total. The molecule has 1 heteroatoms. The number of furan rings is 1. The molecule has 0 saturated carbocycles. The third kappa shape index (κ3) is 3.84. The van der Waals surface area contributed by atoms with Gasteiger partial charge in [0.05, 0.1) is 0 Å². The van der Waals surface area contributed by atoms with E-state index in [9.17, 15) is 0 Å². The number of rotatable bonds is 3. The largest absolute Gasteiger partial charge is 0.455 e. The maximum atomic E-state index is 6.92. The van der Waals surface area contributed by atoms with Crippen molar-refractivity contribution in [1.29, 1.82) is 0 Å². The Morgan fingerprint density at radius 2 is 0.787 bits per heavy atom. The highest BCUT2D eigenvalue weighted by Gasteiger charge is 2.23. The van der Waals surface area contributed by atoms with E-state index in [1.54, 1.807) is 0 Å². The zero-order valence-electron chi connectivity index (χ0n) is 25.6. The van der Waals surface area contributed by atoms with Crippen molar-refractivity contribution >= 4 is 65.0 Å². The third-order valence-corrected chi connectivity index (χ3v) is 9.84. The topological polar surface area (TPSA) is 13.1 Å². The molecule has 1 heterocycles. The molecule has 0 fully saturated rings. The molecule has 0 saturated heterocycles. The van der Waals surface area contributed by atoms with Crippen LogP contribution in [-0.2, 0) is 0 Å². The molecule has 0 radical (unpaired) electrons. The molecule has 0 aliphatic rings. The lowest BCUT2D eigenvalue weighted by atomic mass is 9.82. The van der Waals surface area contributed by atoms with Crippen molar-refractivity contribution in [3.05, 3.63) is 170 Å². The fourth-order valence-electron chi connectivity index (χ4n) is 7.82. The number of benzene rings is 9. The van der Waals surface area contributed by atoms with Gasteiger partial charge in [0.1, 0.15) is 11.2 Å². The molecule has 9 aromatic carbocycles. The highest BCUT2D eigenvalue weighted by atomic mass is 16.3. The van der Waals surface area contributed by atoms with E-state index >= 15 is 0 Å². The summed E-state index contributed by atoms with van der Waals surface area (Å²) in [5, 5.41) is 11.9. The summed E-state index contributed by atoms with van der Waals surface area (Å²) in [5.41, 5.74) is 9.27. The van der Waals surface area contributed by atoms with Crippen LogP contribution in [-0.4, -0.2) is 0 Å². The van der Waals surface area contributed by atoms with Crippen LogP contribution in [0.2, 0.25) is 0 Å². The Labute approximate surface area is 271 Å². The summed E-state index contributed by atoms with van der Waals surface area (Å²) < 4.78 is 6.92. The Balaban J connectivity index is 1.40. The first-order chi connectivity index (χ1) is 23.3. The predicted molar refractivity (Wildman–Crippen MR) is 200 cm³/mol. The normalized spacial score (nSPS) is 11.8. The van der Waals surface area contributed by atoms with E-state index in [4.69, 9.17) is 4.42 Å². The molecule has 1 nitrogen and oxygen atoms in total. The van der Waals surface area contributed by atoms with E-state index in [2.05, 4.69) is 170 Å². The lowest BCUT2D eigenvalue weighted by Crippen LogP contribution is -1.93. The molecule has 0 spiro atoms. The van der Waals surface area contributed by atoms with Gasteiger partial charge < -0.3 is 4.42 Å². The van der Waals surface area contributed by atoms with Gasteiger partial charge in [-0.2, -0.15) is 0 Å². The van der Waals surface area contributed by atoms with Gasteiger partial charge in [0.15, 0.2) is 0 Å². The van der Waals surface area contributed by atoms with Gasteiger partial charge in [0.2, 0.25) is 0 Å². The van der Waals surface area contributed by atoms with Gasteiger partial charge in [-0.25, -0.2) is 0 Å². The van der Waals surface area contributed by atoms with Crippen LogP contribution in [0.4, 0.5) is 0 Å². The van der Waals surface area contributed by atoms with Gasteiger partial charge in [-0.05, 0) is 77.8 Å². The van der Waals surface area contributed by atoms with E-state index < -0.39 is 0 Å². The quantitative estimate of drug-likeness (QED) is 0.185. The van der Waals surface area contributed by atoms with Gasteiger partial charge in [-0.1, -0.05) is 158 Å². The fraction of sp³-hybridized carbons (Fsp3) is 0. The van der Waals surface area contributed by atoms with Gasteiger partial charge >= 0.3 is 0 Å². The van der Waals surface area contributed by atoms with E-state index in [1.807, 2.05) is 0 Å². The van der Waals surface area contributed by atoms with E-state index in [1.165, 1.54) is 65.7 Å². The molecule has 0 unspecified atom stereocenters. The van der Waals surface area contributed by atoms with E-state index in [-0.39, 0.29) is 0 Å². The molecular formula is C46H28O. The standard InChI is InChI=1S/C46H28O/c1-2-14-29(15-3-1)32-18-8-9-21-35(32)42-36-22-10-12-24-38(36)43(39-25-13-11-23-37(39)42)41-28-31-17-5-7-20-34(31)46-44(41)40-27-26-30-16-4-6-19-33(30)45(40)47-46/h1-28H. The van der Waals surface area contributed by atoms with Crippen molar-refractivity contribution in [2.24, 2.45) is 0 Å². The summed E-state index contributed by atoms with van der Waals surface area (Å²) in [7, 11) is 0. The second kappa shape index (κ2) is 10.2. The van der Waals surface area contributed by atoms with Crippen LogP contribution < -0.4 is 0 Å². The average Bonchev–Trinajstić information content (AvgIpc) is 3.55. The second-order valence-corrected chi connectivity index (χ2v) is 12.4. The minimum Gasteiger partial charge on any atom is -0.455 e. The van der Waals surface area contributed by atoms with Crippen molar-refractivity contribution in [1.82, 2.24) is 0 Å². The summed E-state index contributed by atoms with van der Waals surface area (Å²) in [6, 6.07) is 61.4. The maximum Gasteiger partial charge on any atom is 0.143 e. The predicted octanol–water partition coefficient (Wildman–Crippen LogP) is 13.2. The molecule has 0 amide bonds. The Morgan fingerprint density at radius 3 is 1.45 bits per heavy atom. The van der Waals surface area contributed by atoms with Crippen molar-refractivity contribution in [3.8, 4) is 33.4 Å². The van der Waals surface area contributed by atoms with Crippen LogP contribution in [0.1, 0.15) is 0 Å². The summed E-state index contributed by atoms with van der Waals surface area (Å²) in [5.74, 6) is 0. The smallest absolute Gasteiger partial charge is 0.143 e. The molecule has 10 aromatic rings. The number of hydrogen-bond acceptors (Lipinski definition) is 1. The summed E-state index contributed by atoms with van der Waals surface area (Å²) in [4.78, 5) is 0. The van der Waals surface area contributed by atoms with Crippen molar-refractivity contribution in [3.63, 3.8) is 0 Å². The van der Waals surface area contributed by atoms with Gasteiger partial charge in [-0.3, -0.25) is 0 Å². The van der Waals surface area contributed by atoms with Crippen LogP contribution in [0.25, 0.3) is 98.4 Å². The molecule has 1 aromatic heterocycles. The Kier molecular flexibility index (Phi) is 5.64. The van der Waals surface area contributed by atoms with E-state index in [0.29, 0.717) is 0 Å². The molecule has 47 heavy (non-hydrogen) atoms. The maximum absolute atomic E-state index is 6.92. The molecular weight excluding hydrogens is 569 g/mol. The summed E-state index contributed by atoms with van der Waals surface area (Å²) >= 11 is 0. The monoisotopic (exact) mass is 596 g/mol. The summed E-state index contributed by atoms with van der Waals surface area (Å²) in [6.07, 6.45) is 0. The fourth-order valence-corrected chi connectivity index (χ4v) is 7.82. The lowest BCUT2D eigenvalue weighted by molar-refractivity contribution is 0.676. The van der Waals surface area contributed by atoms with E-state index in [0.717, 1.165) is 32.7 Å². The van der Waals surface area contributed by atoms with Crippen molar-refractivity contribution in [2.75, 3.05) is 0 Å². The molecule has 10 rings (SSSR count). The summed E-state index contributed by atoms with van der Waals surface area (Å²) in [6.45, 7) is 0. The SMILES string of the molecule is c1ccc(-c2ccccc2-c2c3ccccc3c(-c3cc4ccccc4c4oc5c6ccccc6ccc5c34)c3ccccc23)cc1.